The Labute approximate surface area is 99.4 Å². The average molecular weight is 261 g/mol. The number of carboxylic acid groups (broad SMARTS) is 1. The second kappa shape index (κ2) is 5.51. The van der Waals surface area contributed by atoms with Gasteiger partial charge in [-0.1, -0.05) is 11.8 Å². The number of nitrogens with one attached hydrogen (secondary N) is 1. The van der Waals surface area contributed by atoms with Gasteiger partial charge in [0.1, 0.15) is 5.03 Å². The van der Waals surface area contributed by atoms with Crippen molar-refractivity contribution < 1.29 is 18.7 Å². The summed E-state index contributed by atoms with van der Waals surface area (Å²) >= 11 is 0.755. The van der Waals surface area contributed by atoms with Gasteiger partial charge in [-0.2, -0.15) is 0 Å². The molecular formula is C9H9F2N3O2S. The van der Waals surface area contributed by atoms with Gasteiger partial charge in [-0.15, -0.1) is 0 Å². The monoisotopic (exact) mass is 261 g/mol. The molecule has 0 fully saturated rings. The number of hydrogen-bond donors (Lipinski definition) is 4. The lowest BCUT2D eigenvalue weighted by atomic mass is 10.3. The molecule has 0 saturated heterocycles. The summed E-state index contributed by atoms with van der Waals surface area (Å²) in [6, 6.07) is 3.09. The van der Waals surface area contributed by atoms with Crippen molar-refractivity contribution in [2.75, 3.05) is 0 Å². The highest BCUT2D eigenvalue weighted by Gasteiger charge is 2.12. The van der Waals surface area contributed by atoms with E-state index in [0.29, 0.717) is 0 Å². The van der Waals surface area contributed by atoms with Crippen LogP contribution < -0.4 is 17.0 Å². The van der Waals surface area contributed by atoms with Gasteiger partial charge < -0.3 is 16.3 Å². The van der Waals surface area contributed by atoms with Gasteiger partial charge in [-0.3, -0.25) is 5.84 Å². The molecule has 1 rings (SSSR count). The Hall–Kier alpha value is -1.80. The SMILES string of the molecule is NN/C(C(=O)O)=C(\N)Sc1ccc(F)c(F)c1. The Kier molecular flexibility index (Phi) is 4.30. The first-order valence-electron chi connectivity index (χ1n) is 4.28. The van der Waals surface area contributed by atoms with E-state index in [-0.39, 0.29) is 9.92 Å². The smallest absolute Gasteiger partial charge is 0.356 e. The number of benzene rings is 1. The predicted octanol–water partition coefficient (Wildman–Crippen LogP) is 0.733. The van der Waals surface area contributed by atoms with Gasteiger partial charge in [0.2, 0.25) is 0 Å². The van der Waals surface area contributed by atoms with Crippen LogP contribution in [0.25, 0.3) is 0 Å². The van der Waals surface area contributed by atoms with Gasteiger partial charge in [0, 0.05) is 4.90 Å². The molecule has 6 N–H and O–H groups in total. The Balaban J connectivity index is 2.97. The Morgan fingerprint density at radius 2 is 2.00 bits per heavy atom. The van der Waals surface area contributed by atoms with Gasteiger partial charge in [0.25, 0.3) is 0 Å². The van der Waals surface area contributed by atoms with Crippen molar-refractivity contribution in [2.45, 2.75) is 4.90 Å². The minimum Gasteiger partial charge on any atom is -0.476 e. The summed E-state index contributed by atoms with van der Waals surface area (Å²) in [6.45, 7) is 0. The zero-order chi connectivity index (χ0) is 13.0. The summed E-state index contributed by atoms with van der Waals surface area (Å²) in [6.07, 6.45) is 0. The molecule has 0 unspecified atom stereocenters. The third-order valence-electron chi connectivity index (χ3n) is 1.72. The van der Waals surface area contributed by atoms with Crippen LogP contribution in [0.4, 0.5) is 8.78 Å². The van der Waals surface area contributed by atoms with Crippen LogP contribution in [0, 0.1) is 11.6 Å². The van der Waals surface area contributed by atoms with Gasteiger partial charge in [-0.25, -0.2) is 13.6 Å². The van der Waals surface area contributed by atoms with Gasteiger partial charge in [-0.05, 0) is 18.2 Å². The Morgan fingerprint density at radius 3 is 2.47 bits per heavy atom. The molecule has 0 aromatic heterocycles. The molecule has 0 spiro atoms. The number of carbonyl (C=O) groups is 1. The third kappa shape index (κ3) is 3.33. The zero-order valence-electron chi connectivity index (χ0n) is 8.41. The molecule has 92 valence electrons. The molecule has 0 radical (unpaired) electrons. The van der Waals surface area contributed by atoms with Crippen LogP contribution in [-0.2, 0) is 4.79 Å². The largest absolute Gasteiger partial charge is 0.476 e. The Morgan fingerprint density at radius 1 is 1.35 bits per heavy atom. The number of thioether (sulfide) groups is 1. The number of hydrogen-bond acceptors (Lipinski definition) is 5. The van der Waals surface area contributed by atoms with Crippen molar-refractivity contribution in [3.8, 4) is 0 Å². The van der Waals surface area contributed by atoms with E-state index in [1.165, 1.54) is 6.07 Å². The van der Waals surface area contributed by atoms with Crippen molar-refractivity contribution in [3.63, 3.8) is 0 Å². The van der Waals surface area contributed by atoms with E-state index in [1.807, 2.05) is 5.43 Å². The molecule has 0 aliphatic heterocycles. The topological polar surface area (TPSA) is 101 Å². The number of aliphatic carboxylic acids is 1. The fourth-order valence-corrected chi connectivity index (χ4v) is 1.76. The average Bonchev–Trinajstić information content (AvgIpc) is 2.24. The third-order valence-corrected chi connectivity index (χ3v) is 2.64. The van der Waals surface area contributed by atoms with Crippen molar-refractivity contribution in [2.24, 2.45) is 11.6 Å². The molecular weight excluding hydrogens is 252 g/mol. The zero-order valence-corrected chi connectivity index (χ0v) is 9.22. The predicted molar refractivity (Wildman–Crippen MR) is 58.4 cm³/mol. The number of nitrogens with two attached hydrogens (primary N) is 2. The normalized spacial score (nSPS) is 11.9. The standard InChI is InChI=1S/C9H9F2N3O2S/c10-5-2-1-4(3-6(5)11)17-8(12)7(14-13)9(15)16/h1-3,14H,12-13H2,(H,15,16)/b8-7+. The van der Waals surface area contributed by atoms with Crippen LogP contribution in [-0.4, -0.2) is 11.1 Å². The molecule has 0 aliphatic rings. The van der Waals surface area contributed by atoms with E-state index in [2.05, 4.69) is 0 Å². The summed E-state index contributed by atoms with van der Waals surface area (Å²) in [4.78, 5) is 10.9. The molecule has 17 heavy (non-hydrogen) atoms. The number of halogens is 2. The maximum atomic E-state index is 12.9. The van der Waals surface area contributed by atoms with Crippen LogP contribution in [0.2, 0.25) is 0 Å². The summed E-state index contributed by atoms with van der Waals surface area (Å²) in [5, 5.41) is 8.53. The maximum absolute atomic E-state index is 12.9. The molecule has 0 heterocycles. The first-order valence-corrected chi connectivity index (χ1v) is 5.10. The van der Waals surface area contributed by atoms with E-state index in [9.17, 15) is 13.6 Å². The lowest BCUT2D eigenvalue weighted by Gasteiger charge is -2.06. The van der Waals surface area contributed by atoms with Crippen LogP contribution in [0.1, 0.15) is 0 Å². The highest BCUT2D eigenvalue weighted by Crippen LogP contribution is 2.25. The van der Waals surface area contributed by atoms with Crippen molar-refractivity contribution in [1.82, 2.24) is 5.43 Å². The van der Waals surface area contributed by atoms with Crippen molar-refractivity contribution >= 4 is 17.7 Å². The second-order valence-corrected chi connectivity index (χ2v) is 3.98. The highest BCUT2D eigenvalue weighted by molar-refractivity contribution is 8.03. The lowest BCUT2D eigenvalue weighted by molar-refractivity contribution is -0.133. The van der Waals surface area contributed by atoms with E-state index < -0.39 is 23.3 Å². The van der Waals surface area contributed by atoms with Crippen molar-refractivity contribution in [1.29, 1.82) is 0 Å². The maximum Gasteiger partial charge on any atom is 0.356 e. The lowest BCUT2D eigenvalue weighted by Crippen LogP contribution is -2.29. The number of rotatable bonds is 4. The molecule has 0 aliphatic carbocycles. The molecule has 5 nitrogen and oxygen atoms in total. The van der Waals surface area contributed by atoms with Crippen molar-refractivity contribution in [3.05, 3.63) is 40.6 Å². The summed E-state index contributed by atoms with van der Waals surface area (Å²) in [7, 11) is 0. The van der Waals surface area contributed by atoms with E-state index in [1.54, 1.807) is 0 Å². The first-order chi connectivity index (χ1) is 7.95. The van der Waals surface area contributed by atoms with Crippen LogP contribution in [0.15, 0.2) is 33.8 Å². The van der Waals surface area contributed by atoms with E-state index >= 15 is 0 Å². The van der Waals surface area contributed by atoms with Gasteiger partial charge >= 0.3 is 5.97 Å². The molecule has 1 aromatic rings. The molecule has 0 bridgehead atoms. The summed E-state index contributed by atoms with van der Waals surface area (Å²) in [5.74, 6) is 1.58. The minimum atomic E-state index is -1.35. The van der Waals surface area contributed by atoms with Crippen LogP contribution >= 0.6 is 11.8 Å². The number of carboxylic acids is 1. The molecule has 8 heteroatoms. The fraction of sp³-hybridized carbons (Fsp3) is 0. The Bertz CT molecular complexity index is 479. The van der Waals surface area contributed by atoms with E-state index in [0.717, 1.165) is 23.9 Å². The minimum absolute atomic E-state index is 0.161. The fourth-order valence-electron chi connectivity index (χ4n) is 0.957. The molecule has 1 aromatic carbocycles. The summed E-state index contributed by atoms with van der Waals surface area (Å²) < 4.78 is 25.5. The summed E-state index contributed by atoms with van der Waals surface area (Å²) in [5.41, 5.74) is 6.95. The first kappa shape index (κ1) is 13.3. The van der Waals surface area contributed by atoms with Gasteiger partial charge in [0.05, 0.1) is 0 Å². The van der Waals surface area contributed by atoms with E-state index in [4.69, 9.17) is 16.7 Å². The molecule has 0 saturated carbocycles. The second-order valence-electron chi connectivity index (χ2n) is 2.87. The quantitative estimate of drug-likeness (QED) is 0.276. The van der Waals surface area contributed by atoms with Gasteiger partial charge in [0.15, 0.2) is 17.3 Å². The van der Waals surface area contributed by atoms with Crippen LogP contribution in [0.5, 0.6) is 0 Å². The number of hydrazine groups is 1. The van der Waals surface area contributed by atoms with Crippen LogP contribution in [0.3, 0.4) is 0 Å². The molecule has 0 amide bonds. The molecule has 0 atom stereocenters. The highest BCUT2D eigenvalue weighted by atomic mass is 32.2.